The quantitative estimate of drug-likeness (QED) is 0.388. The van der Waals surface area contributed by atoms with Crippen LogP contribution < -0.4 is 5.32 Å². The molecule has 2 heterocycles. The van der Waals surface area contributed by atoms with Crippen molar-refractivity contribution >= 4 is 28.3 Å². The van der Waals surface area contributed by atoms with Crippen LogP contribution in [0.2, 0.25) is 0 Å². The van der Waals surface area contributed by atoms with Gasteiger partial charge in [-0.25, -0.2) is 23.5 Å². The summed E-state index contributed by atoms with van der Waals surface area (Å²) in [5.74, 6) is -2.84. The predicted octanol–water partition coefficient (Wildman–Crippen LogP) is 5.24. The van der Waals surface area contributed by atoms with E-state index < -0.39 is 29.6 Å². The zero-order valence-electron chi connectivity index (χ0n) is 17.5. The SMILES string of the molecule is Cc1oc(-c2ccccc2)nc1C(=O)O[C@H](C)C(=O)Nc1nc(-c2ccc(F)c(F)c2)cs1. The zero-order valence-corrected chi connectivity index (χ0v) is 18.3. The molecule has 0 spiro atoms. The second-order valence-electron chi connectivity index (χ2n) is 6.99. The Bertz CT molecular complexity index is 1320. The normalized spacial score (nSPS) is 11.8. The van der Waals surface area contributed by atoms with Crippen LogP contribution in [0.25, 0.3) is 22.7 Å². The van der Waals surface area contributed by atoms with Crippen LogP contribution in [0.15, 0.2) is 58.3 Å². The maximum Gasteiger partial charge on any atom is 0.361 e. The van der Waals surface area contributed by atoms with Crippen LogP contribution in [0, 0.1) is 18.6 Å². The fourth-order valence-corrected chi connectivity index (χ4v) is 3.61. The molecule has 1 atom stereocenters. The summed E-state index contributed by atoms with van der Waals surface area (Å²) in [6.45, 7) is 2.99. The second-order valence-corrected chi connectivity index (χ2v) is 7.85. The molecule has 4 aromatic rings. The van der Waals surface area contributed by atoms with Gasteiger partial charge in [-0.05, 0) is 44.2 Å². The number of rotatable bonds is 6. The number of oxazole rings is 1. The highest BCUT2D eigenvalue weighted by Crippen LogP contribution is 2.26. The zero-order chi connectivity index (χ0) is 23.5. The summed E-state index contributed by atoms with van der Waals surface area (Å²) in [6, 6.07) is 12.5. The molecule has 0 saturated heterocycles. The molecule has 1 N–H and O–H groups in total. The molecular weight excluding hydrogens is 452 g/mol. The van der Waals surface area contributed by atoms with E-state index in [1.165, 1.54) is 13.0 Å². The molecule has 1 amide bonds. The fraction of sp³-hybridized carbons (Fsp3) is 0.130. The number of hydrogen-bond acceptors (Lipinski definition) is 7. The van der Waals surface area contributed by atoms with Gasteiger partial charge in [0, 0.05) is 16.5 Å². The Morgan fingerprint density at radius 3 is 2.55 bits per heavy atom. The molecule has 0 bridgehead atoms. The summed E-state index contributed by atoms with van der Waals surface area (Å²) in [5.41, 5.74) is 1.40. The third kappa shape index (κ3) is 4.96. The monoisotopic (exact) mass is 469 g/mol. The number of benzene rings is 2. The van der Waals surface area contributed by atoms with Crippen LogP contribution in [0.4, 0.5) is 13.9 Å². The van der Waals surface area contributed by atoms with Gasteiger partial charge in [0.25, 0.3) is 5.91 Å². The minimum atomic E-state index is -1.15. The predicted molar refractivity (Wildman–Crippen MR) is 118 cm³/mol. The lowest BCUT2D eigenvalue weighted by molar-refractivity contribution is -0.123. The summed E-state index contributed by atoms with van der Waals surface area (Å²) in [4.78, 5) is 33.4. The summed E-state index contributed by atoms with van der Waals surface area (Å²) in [6.07, 6.45) is -1.15. The molecule has 7 nitrogen and oxygen atoms in total. The molecule has 0 unspecified atom stereocenters. The highest BCUT2D eigenvalue weighted by atomic mass is 32.1. The number of halogens is 2. The summed E-state index contributed by atoms with van der Waals surface area (Å²) < 4.78 is 37.3. The Kier molecular flexibility index (Phi) is 6.27. The van der Waals surface area contributed by atoms with Crippen molar-refractivity contribution in [2.24, 2.45) is 0 Å². The van der Waals surface area contributed by atoms with E-state index >= 15 is 0 Å². The Labute approximate surface area is 191 Å². The van der Waals surface area contributed by atoms with Crippen LogP contribution >= 0.6 is 11.3 Å². The first-order valence-electron chi connectivity index (χ1n) is 9.77. The van der Waals surface area contributed by atoms with Gasteiger partial charge in [0.1, 0.15) is 5.76 Å². The number of aryl methyl sites for hydroxylation is 1. The largest absolute Gasteiger partial charge is 0.448 e. The number of carbonyl (C=O) groups excluding carboxylic acids is 2. The third-order valence-electron chi connectivity index (χ3n) is 4.61. The van der Waals surface area contributed by atoms with E-state index in [1.54, 1.807) is 24.4 Å². The number of nitrogens with one attached hydrogen (secondary N) is 1. The minimum Gasteiger partial charge on any atom is -0.448 e. The van der Waals surface area contributed by atoms with Gasteiger partial charge in [-0.2, -0.15) is 0 Å². The van der Waals surface area contributed by atoms with Crippen molar-refractivity contribution in [2.75, 3.05) is 5.32 Å². The fourth-order valence-electron chi connectivity index (χ4n) is 2.89. The molecule has 0 radical (unpaired) electrons. The summed E-state index contributed by atoms with van der Waals surface area (Å²) in [7, 11) is 0. The summed E-state index contributed by atoms with van der Waals surface area (Å²) in [5, 5.41) is 4.34. The molecule has 0 aliphatic heterocycles. The van der Waals surface area contributed by atoms with Crippen LogP contribution in [-0.2, 0) is 9.53 Å². The number of hydrogen-bond donors (Lipinski definition) is 1. The molecule has 33 heavy (non-hydrogen) atoms. The highest BCUT2D eigenvalue weighted by molar-refractivity contribution is 7.14. The molecule has 4 rings (SSSR count). The molecule has 2 aromatic carbocycles. The van der Waals surface area contributed by atoms with E-state index in [2.05, 4.69) is 15.3 Å². The number of ether oxygens (including phenoxy) is 1. The number of thiazole rings is 1. The number of nitrogens with zero attached hydrogens (tertiary/aromatic N) is 2. The average Bonchev–Trinajstić information content (AvgIpc) is 3.43. The van der Waals surface area contributed by atoms with E-state index in [-0.39, 0.29) is 22.5 Å². The average molecular weight is 469 g/mol. The van der Waals surface area contributed by atoms with Gasteiger partial charge in [-0.15, -0.1) is 11.3 Å². The van der Waals surface area contributed by atoms with Gasteiger partial charge < -0.3 is 9.15 Å². The number of carbonyl (C=O) groups is 2. The minimum absolute atomic E-state index is 0.0247. The van der Waals surface area contributed by atoms with Crippen molar-refractivity contribution < 1.29 is 27.5 Å². The molecule has 2 aromatic heterocycles. The third-order valence-corrected chi connectivity index (χ3v) is 5.37. The molecule has 10 heteroatoms. The molecule has 0 aliphatic carbocycles. The first-order valence-corrected chi connectivity index (χ1v) is 10.7. The lowest BCUT2D eigenvalue weighted by Gasteiger charge is -2.11. The second kappa shape index (κ2) is 9.29. The van der Waals surface area contributed by atoms with Crippen molar-refractivity contribution in [3.63, 3.8) is 0 Å². The Morgan fingerprint density at radius 2 is 1.82 bits per heavy atom. The lowest BCUT2D eigenvalue weighted by atomic mass is 10.2. The van der Waals surface area contributed by atoms with E-state index in [9.17, 15) is 18.4 Å². The maximum atomic E-state index is 13.4. The van der Waals surface area contributed by atoms with Crippen molar-refractivity contribution in [1.29, 1.82) is 0 Å². The van der Waals surface area contributed by atoms with Crippen LogP contribution in [0.1, 0.15) is 23.2 Å². The van der Waals surface area contributed by atoms with E-state index in [0.717, 1.165) is 23.5 Å². The number of anilines is 1. The number of esters is 1. The highest BCUT2D eigenvalue weighted by Gasteiger charge is 2.25. The van der Waals surface area contributed by atoms with Crippen molar-refractivity contribution in [1.82, 2.24) is 9.97 Å². The number of amides is 1. The van der Waals surface area contributed by atoms with Crippen LogP contribution in [-0.4, -0.2) is 27.9 Å². The van der Waals surface area contributed by atoms with E-state index in [1.807, 2.05) is 18.2 Å². The van der Waals surface area contributed by atoms with Crippen LogP contribution in [0.5, 0.6) is 0 Å². The van der Waals surface area contributed by atoms with E-state index in [0.29, 0.717) is 16.8 Å². The lowest BCUT2D eigenvalue weighted by Crippen LogP contribution is -2.30. The first kappa shape index (κ1) is 22.3. The Morgan fingerprint density at radius 1 is 1.06 bits per heavy atom. The van der Waals surface area contributed by atoms with Crippen molar-refractivity contribution in [3.05, 3.63) is 77.0 Å². The van der Waals surface area contributed by atoms with Gasteiger partial charge in [0.05, 0.1) is 5.69 Å². The maximum absolute atomic E-state index is 13.4. The molecule has 168 valence electrons. The van der Waals surface area contributed by atoms with Gasteiger partial charge in [0.2, 0.25) is 5.89 Å². The smallest absolute Gasteiger partial charge is 0.361 e. The number of aromatic nitrogens is 2. The van der Waals surface area contributed by atoms with Gasteiger partial charge in [-0.1, -0.05) is 18.2 Å². The van der Waals surface area contributed by atoms with Gasteiger partial charge in [-0.3, -0.25) is 10.1 Å². The van der Waals surface area contributed by atoms with Gasteiger partial charge >= 0.3 is 5.97 Å². The topological polar surface area (TPSA) is 94.3 Å². The van der Waals surface area contributed by atoms with Gasteiger partial charge in [0.15, 0.2) is 28.6 Å². The van der Waals surface area contributed by atoms with Crippen molar-refractivity contribution in [3.8, 4) is 22.7 Å². The Hall–Kier alpha value is -3.92. The molecule has 0 fully saturated rings. The standard InChI is InChI=1S/C23H17F2N3O4S/c1-12-19(27-21(31-12)14-6-4-3-5-7-14)22(30)32-13(2)20(29)28-23-26-18(11-33-23)15-8-9-16(24)17(25)10-15/h3-11,13H,1-2H3,(H,26,28,29)/t13-/m1/s1. The van der Waals surface area contributed by atoms with Crippen LogP contribution in [0.3, 0.4) is 0 Å². The summed E-state index contributed by atoms with van der Waals surface area (Å²) >= 11 is 1.09. The first-order chi connectivity index (χ1) is 15.8. The molecular formula is C23H17F2N3O4S. The van der Waals surface area contributed by atoms with Crippen molar-refractivity contribution in [2.45, 2.75) is 20.0 Å². The molecule has 0 aliphatic rings. The van der Waals surface area contributed by atoms with E-state index in [4.69, 9.17) is 9.15 Å². The molecule has 0 saturated carbocycles. The Balaban J connectivity index is 1.40.